The standard InChI is InChI=1S/C14H20N2/c1-16-12-7-8-14(16)13(9-12)15-10-11-5-3-2-4-6-11/h2-6,12-15H,7-10H2,1H3/p+2/t12-,13-,14+/m1/s1. The fourth-order valence-corrected chi connectivity index (χ4v) is 3.65. The lowest BCUT2D eigenvalue weighted by Crippen LogP contribution is -3.14. The van der Waals surface area contributed by atoms with Gasteiger partial charge in [0.25, 0.3) is 0 Å². The molecule has 2 bridgehead atoms. The number of hydrogen-bond acceptors (Lipinski definition) is 0. The van der Waals surface area contributed by atoms with Crippen molar-refractivity contribution in [3.63, 3.8) is 0 Å². The number of hydrogen-bond donors (Lipinski definition) is 2. The molecular weight excluding hydrogens is 196 g/mol. The van der Waals surface area contributed by atoms with Crippen molar-refractivity contribution in [2.24, 2.45) is 0 Å². The molecule has 1 unspecified atom stereocenters. The monoisotopic (exact) mass is 218 g/mol. The lowest BCUT2D eigenvalue weighted by atomic mass is 9.95. The molecule has 3 N–H and O–H groups in total. The summed E-state index contributed by atoms with van der Waals surface area (Å²) < 4.78 is 0. The van der Waals surface area contributed by atoms with Crippen LogP contribution >= 0.6 is 0 Å². The van der Waals surface area contributed by atoms with Crippen molar-refractivity contribution in [1.82, 2.24) is 0 Å². The molecule has 0 aliphatic carbocycles. The smallest absolute Gasteiger partial charge is 0.144 e. The summed E-state index contributed by atoms with van der Waals surface area (Å²) in [5.74, 6) is 0. The molecule has 2 nitrogen and oxygen atoms in total. The summed E-state index contributed by atoms with van der Waals surface area (Å²) in [6.45, 7) is 1.15. The summed E-state index contributed by atoms with van der Waals surface area (Å²) in [5, 5.41) is 2.57. The molecule has 0 radical (unpaired) electrons. The Morgan fingerprint density at radius 2 is 2.06 bits per heavy atom. The second-order valence-corrected chi connectivity index (χ2v) is 5.45. The summed E-state index contributed by atoms with van der Waals surface area (Å²) in [5.41, 5.74) is 1.46. The minimum Gasteiger partial charge on any atom is -0.335 e. The zero-order valence-electron chi connectivity index (χ0n) is 10.0. The largest absolute Gasteiger partial charge is 0.335 e. The van der Waals surface area contributed by atoms with Gasteiger partial charge in [-0.2, -0.15) is 0 Å². The van der Waals surface area contributed by atoms with Crippen molar-refractivity contribution in [1.29, 1.82) is 0 Å². The van der Waals surface area contributed by atoms with Gasteiger partial charge in [-0.25, -0.2) is 0 Å². The van der Waals surface area contributed by atoms with Crippen LogP contribution in [0.1, 0.15) is 24.8 Å². The van der Waals surface area contributed by atoms with Crippen LogP contribution in [0.15, 0.2) is 30.3 Å². The van der Waals surface area contributed by atoms with Crippen molar-refractivity contribution in [3.8, 4) is 0 Å². The van der Waals surface area contributed by atoms with E-state index in [0.29, 0.717) is 0 Å². The Morgan fingerprint density at radius 1 is 1.25 bits per heavy atom. The van der Waals surface area contributed by atoms with Gasteiger partial charge in [0, 0.05) is 18.4 Å². The van der Waals surface area contributed by atoms with Crippen LogP contribution in [-0.2, 0) is 6.54 Å². The Balaban J connectivity index is 1.57. The molecular formula is C14H22N2+2. The molecule has 1 aromatic carbocycles. The van der Waals surface area contributed by atoms with Crippen LogP contribution in [0.3, 0.4) is 0 Å². The lowest BCUT2D eigenvalue weighted by Gasteiger charge is -2.16. The second-order valence-electron chi connectivity index (χ2n) is 5.45. The molecule has 2 fully saturated rings. The molecule has 2 aliphatic heterocycles. The van der Waals surface area contributed by atoms with Crippen molar-refractivity contribution >= 4 is 0 Å². The van der Waals surface area contributed by atoms with E-state index >= 15 is 0 Å². The zero-order valence-corrected chi connectivity index (χ0v) is 10.0. The average Bonchev–Trinajstić information content (AvgIpc) is 2.84. The molecule has 2 heterocycles. The maximum absolute atomic E-state index is 2.57. The van der Waals surface area contributed by atoms with Gasteiger partial charge in [0.1, 0.15) is 18.6 Å². The molecule has 16 heavy (non-hydrogen) atoms. The average molecular weight is 218 g/mol. The van der Waals surface area contributed by atoms with Gasteiger partial charge in [-0.3, -0.25) is 0 Å². The minimum atomic E-state index is 0.874. The normalized spacial score (nSPS) is 36.8. The van der Waals surface area contributed by atoms with E-state index in [9.17, 15) is 0 Å². The summed E-state index contributed by atoms with van der Waals surface area (Å²) in [7, 11) is 2.39. The van der Waals surface area contributed by atoms with E-state index in [0.717, 1.165) is 24.7 Å². The van der Waals surface area contributed by atoms with Crippen LogP contribution in [0.5, 0.6) is 0 Å². The maximum atomic E-state index is 2.57. The van der Waals surface area contributed by atoms with E-state index in [4.69, 9.17) is 0 Å². The fourth-order valence-electron chi connectivity index (χ4n) is 3.65. The molecule has 86 valence electrons. The van der Waals surface area contributed by atoms with Gasteiger partial charge in [-0.05, 0) is 0 Å². The van der Waals surface area contributed by atoms with Gasteiger partial charge in [0.15, 0.2) is 0 Å². The molecule has 4 atom stereocenters. The van der Waals surface area contributed by atoms with Crippen LogP contribution in [0.2, 0.25) is 0 Å². The van der Waals surface area contributed by atoms with Gasteiger partial charge in [0.2, 0.25) is 0 Å². The van der Waals surface area contributed by atoms with E-state index in [1.54, 1.807) is 4.90 Å². The number of nitrogens with two attached hydrogens (primary N) is 1. The highest BCUT2D eigenvalue weighted by Gasteiger charge is 2.50. The second kappa shape index (κ2) is 4.19. The van der Waals surface area contributed by atoms with Crippen molar-refractivity contribution in [2.45, 2.75) is 43.9 Å². The van der Waals surface area contributed by atoms with Crippen LogP contribution in [0.25, 0.3) is 0 Å². The predicted octanol–water partition coefficient (Wildman–Crippen LogP) is -0.432. The van der Waals surface area contributed by atoms with Crippen molar-refractivity contribution in [2.75, 3.05) is 7.05 Å². The summed E-state index contributed by atoms with van der Waals surface area (Å²) in [6.07, 6.45) is 4.35. The molecule has 2 saturated heterocycles. The first-order valence-electron chi connectivity index (χ1n) is 6.55. The Bertz CT molecular complexity index is 349. The predicted molar refractivity (Wildman–Crippen MR) is 64.2 cm³/mol. The van der Waals surface area contributed by atoms with E-state index in [2.05, 4.69) is 42.7 Å². The highest BCUT2D eigenvalue weighted by molar-refractivity contribution is 5.13. The number of nitrogens with one attached hydrogen (secondary N) is 1. The van der Waals surface area contributed by atoms with Gasteiger partial charge >= 0.3 is 0 Å². The van der Waals surface area contributed by atoms with Crippen molar-refractivity contribution in [3.05, 3.63) is 35.9 Å². The first-order valence-corrected chi connectivity index (χ1v) is 6.55. The highest BCUT2D eigenvalue weighted by Crippen LogP contribution is 2.21. The number of benzene rings is 1. The number of rotatable bonds is 3. The molecule has 0 aromatic heterocycles. The Labute approximate surface area is 97.6 Å². The molecule has 2 aliphatic rings. The van der Waals surface area contributed by atoms with Crippen LogP contribution < -0.4 is 10.2 Å². The van der Waals surface area contributed by atoms with E-state index < -0.39 is 0 Å². The van der Waals surface area contributed by atoms with Crippen LogP contribution in [0, 0.1) is 0 Å². The quantitative estimate of drug-likeness (QED) is 0.687. The molecule has 0 saturated carbocycles. The third-order valence-corrected chi connectivity index (χ3v) is 4.63. The molecule has 3 rings (SSSR count). The number of quaternary nitrogens is 2. The third-order valence-electron chi connectivity index (χ3n) is 4.63. The molecule has 0 spiro atoms. The third kappa shape index (κ3) is 1.76. The molecule has 0 amide bonds. The fraction of sp³-hybridized carbons (Fsp3) is 0.571. The minimum absolute atomic E-state index is 0.874. The van der Waals surface area contributed by atoms with Gasteiger partial charge in [-0.15, -0.1) is 0 Å². The summed E-state index contributed by atoms with van der Waals surface area (Å²) in [6, 6.07) is 13.6. The number of likely N-dealkylation sites (N-methyl/N-ethyl adjacent to an activating group) is 1. The van der Waals surface area contributed by atoms with Gasteiger partial charge in [0.05, 0.1) is 19.5 Å². The summed E-state index contributed by atoms with van der Waals surface area (Å²) >= 11 is 0. The highest BCUT2D eigenvalue weighted by atomic mass is 15.2. The van der Waals surface area contributed by atoms with Gasteiger partial charge < -0.3 is 10.2 Å². The first-order chi connectivity index (χ1) is 7.84. The Hall–Kier alpha value is -0.860. The van der Waals surface area contributed by atoms with Crippen molar-refractivity contribution < 1.29 is 10.2 Å². The SMILES string of the molecule is C[NH+]1[C@@H]2CC[C@H]1[C@H]([NH2+]Cc1ccccc1)C2. The van der Waals surface area contributed by atoms with E-state index in [1.807, 2.05) is 0 Å². The van der Waals surface area contributed by atoms with E-state index in [1.165, 1.54) is 24.8 Å². The topological polar surface area (TPSA) is 21.1 Å². The van der Waals surface area contributed by atoms with E-state index in [-0.39, 0.29) is 0 Å². The molecule has 1 aromatic rings. The van der Waals surface area contributed by atoms with Gasteiger partial charge in [-0.1, -0.05) is 30.3 Å². The number of fused-ring (bicyclic) bond motifs is 2. The first kappa shape index (κ1) is 10.3. The van der Waals surface area contributed by atoms with Crippen LogP contribution in [0.4, 0.5) is 0 Å². The maximum Gasteiger partial charge on any atom is 0.144 e. The Kier molecular flexibility index (Phi) is 2.70. The lowest BCUT2D eigenvalue weighted by molar-refractivity contribution is -0.914. The Morgan fingerprint density at radius 3 is 2.69 bits per heavy atom. The van der Waals surface area contributed by atoms with Crippen LogP contribution in [-0.4, -0.2) is 25.2 Å². The molecule has 2 heteroatoms. The zero-order chi connectivity index (χ0) is 11.0. The summed E-state index contributed by atoms with van der Waals surface area (Å²) in [4.78, 5) is 1.80.